The van der Waals surface area contributed by atoms with Crippen molar-refractivity contribution in [2.45, 2.75) is 40.7 Å². The van der Waals surface area contributed by atoms with Crippen LogP contribution in [0.1, 0.15) is 34.6 Å². The monoisotopic (exact) mass is 270 g/mol. The van der Waals surface area contributed by atoms with Crippen LogP contribution in [0, 0.1) is 10.8 Å². The summed E-state index contributed by atoms with van der Waals surface area (Å²) in [6, 6.07) is -0.170. The summed E-state index contributed by atoms with van der Waals surface area (Å²) < 4.78 is 5.74. The first-order valence-corrected chi connectivity index (χ1v) is 6.80. The van der Waals surface area contributed by atoms with Crippen LogP contribution in [0.25, 0.3) is 0 Å². The Morgan fingerprint density at radius 2 is 1.89 bits per heavy atom. The Morgan fingerprint density at radius 1 is 1.32 bits per heavy atom. The van der Waals surface area contributed by atoms with Crippen LogP contribution in [0.4, 0.5) is 0 Å². The molecule has 0 aromatic heterocycles. The van der Waals surface area contributed by atoms with Crippen LogP contribution in [-0.2, 0) is 9.53 Å². The highest BCUT2D eigenvalue weighted by atomic mass is 16.5. The third-order valence-corrected chi connectivity index (χ3v) is 3.09. The third kappa shape index (κ3) is 8.01. The van der Waals surface area contributed by atoms with Gasteiger partial charge >= 0.3 is 0 Å². The van der Waals surface area contributed by atoms with E-state index in [9.17, 15) is 4.79 Å². The molecular weight excluding hydrogens is 240 g/mol. The third-order valence-electron chi connectivity index (χ3n) is 3.09. The van der Waals surface area contributed by atoms with Gasteiger partial charge in [-0.05, 0) is 14.0 Å². The molecule has 112 valence electrons. The maximum atomic E-state index is 11.7. The maximum Gasteiger partial charge on any atom is 0.236 e. The van der Waals surface area contributed by atoms with Crippen LogP contribution >= 0.6 is 0 Å². The standard InChI is InChI=1S/C15H30N2O2/c1-8-14(3,4)10-19-11-15(5,6)9-17-13(18)12(2)16-7/h8,12,16H,1,9-11H2,2-7H3,(H,17,18)/t12-/m0/s1. The van der Waals surface area contributed by atoms with Crippen molar-refractivity contribution in [3.63, 3.8) is 0 Å². The number of amides is 1. The molecule has 0 rings (SSSR count). The summed E-state index contributed by atoms with van der Waals surface area (Å²) in [5, 5.41) is 5.85. The zero-order valence-electron chi connectivity index (χ0n) is 13.3. The van der Waals surface area contributed by atoms with E-state index in [1.165, 1.54) is 0 Å². The number of hydrogen-bond acceptors (Lipinski definition) is 3. The van der Waals surface area contributed by atoms with E-state index in [1.807, 2.05) is 13.0 Å². The van der Waals surface area contributed by atoms with Gasteiger partial charge in [0.15, 0.2) is 0 Å². The summed E-state index contributed by atoms with van der Waals surface area (Å²) in [5.74, 6) is 0.0157. The Labute approximate surface area is 118 Å². The van der Waals surface area contributed by atoms with E-state index in [-0.39, 0.29) is 22.8 Å². The lowest BCUT2D eigenvalue weighted by Gasteiger charge is -2.28. The van der Waals surface area contributed by atoms with Crippen molar-refractivity contribution in [3.8, 4) is 0 Å². The number of likely N-dealkylation sites (N-methyl/N-ethyl adjacent to an activating group) is 1. The minimum Gasteiger partial charge on any atom is -0.380 e. The Hall–Kier alpha value is -0.870. The molecule has 0 aliphatic rings. The van der Waals surface area contributed by atoms with Crippen molar-refractivity contribution >= 4 is 5.91 Å². The molecule has 1 amide bonds. The lowest BCUT2D eigenvalue weighted by Crippen LogP contribution is -2.45. The number of carbonyl (C=O) groups is 1. The fourth-order valence-electron chi connectivity index (χ4n) is 1.31. The van der Waals surface area contributed by atoms with Gasteiger partial charge in [0.2, 0.25) is 5.91 Å². The average molecular weight is 270 g/mol. The molecule has 0 aliphatic carbocycles. The van der Waals surface area contributed by atoms with E-state index in [2.05, 4.69) is 44.9 Å². The van der Waals surface area contributed by atoms with E-state index >= 15 is 0 Å². The molecule has 0 radical (unpaired) electrons. The zero-order valence-corrected chi connectivity index (χ0v) is 13.3. The van der Waals surface area contributed by atoms with Crippen LogP contribution in [0.2, 0.25) is 0 Å². The maximum absolute atomic E-state index is 11.7. The number of hydrogen-bond donors (Lipinski definition) is 2. The molecule has 0 heterocycles. The molecule has 0 saturated carbocycles. The summed E-state index contributed by atoms with van der Waals surface area (Å²) >= 11 is 0. The van der Waals surface area contributed by atoms with Gasteiger partial charge in [0, 0.05) is 17.4 Å². The fraction of sp³-hybridized carbons (Fsp3) is 0.800. The molecule has 0 aromatic carbocycles. The first-order valence-electron chi connectivity index (χ1n) is 6.80. The highest BCUT2D eigenvalue weighted by Gasteiger charge is 2.22. The van der Waals surface area contributed by atoms with Gasteiger partial charge in [-0.3, -0.25) is 4.79 Å². The lowest BCUT2D eigenvalue weighted by molar-refractivity contribution is -0.123. The first-order chi connectivity index (χ1) is 8.63. The fourth-order valence-corrected chi connectivity index (χ4v) is 1.31. The largest absolute Gasteiger partial charge is 0.380 e. The SMILES string of the molecule is C=CC(C)(C)COCC(C)(C)CNC(=O)[C@H](C)NC. The van der Waals surface area contributed by atoms with Gasteiger partial charge in [-0.15, -0.1) is 6.58 Å². The molecule has 0 unspecified atom stereocenters. The summed E-state index contributed by atoms with van der Waals surface area (Å²) in [7, 11) is 1.77. The van der Waals surface area contributed by atoms with Gasteiger partial charge < -0.3 is 15.4 Å². The van der Waals surface area contributed by atoms with E-state index < -0.39 is 0 Å². The Balaban J connectivity index is 4.05. The van der Waals surface area contributed by atoms with Crippen LogP contribution in [-0.4, -0.2) is 38.8 Å². The van der Waals surface area contributed by atoms with Crippen molar-refractivity contribution in [3.05, 3.63) is 12.7 Å². The molecule has 4 heteroatoms. The van der Waals surface area contributed by atoms with Gasteiger partial charge in [-0.25, -0.2) is 0 Å². The van der Waals surface area contributed by atoms with Crippen LogP contribution in [0.3, 0.4) is 0 Å². The smallest absolute Gasteiger partial charge is 0.236 e. The van der Waals surface area contributed by atoms with Gasteiger partial charge in [-0.2, -0.15) is 0 Å². The molecule has 0 saturated heterocycles. The summed E-state index contributed by atoms with van der Waals surface area (Å²) in [5.41, 5.74) is -0.0969. The normalized spacial score (nSPS) is 14.0. The van der Waals surface area contributed by atoms with E-state index in [4.69, 9.17) is 4.74 Å². The number of ether oxygens (including phenoxy) is 1. The molecule has 0 fully saturated rings. The van der Waals surface area contributed by atoms with E-state index in [1.54, 1.807) is 7.05 Å². The Kier molecular flexibility index (Phi) is 7.30. The molecular formula is C15H30N2O2. The molecule has 4 nitrogen and oxygen atoms in total. The highest BCUT2D eigenvalue weighted by molar-refractivity contribution is 5.81. The number of rotatable bonds is 9. The molecule has 0 aromatic rings. The minimum absolute atomic E-state index is 0.0139. The van der Waals surface area contributed by atoms with Gasteiger partial charge in [0.1, 0.15) is 0 Å². The summed E-state index contributed by atoms with van der Waals surface area (Å²) in [6.07, 6.45) is 1.90. The molecule has 1 atom stereocenters. The molecule has 0 aliphatic heterocycles. The predicted molar refractivity (Wildman–Crippen MR) is 80.1 cm³/mol. The number of nitrogens with one attached hydrogen (secondary N) is 2. The van der Waals surface area contributed by atoms with Gasteiger partial charge in [0.25, 0.3) is 0 Å². The van der Waals surface area contributed by atoms with Gasteiger partial charge in [-0.1, -0.05) is 33.8 Å². The highest BCUT2D eigenvalue weighted by Crippen LogP contribution is 2.19. The van der Waals surface area contributed by atoms with E-state index in [0.29, 0.717) is 19.8 Å². The lowest BCUT2D eigenvalue weighted by atomic mass is 9.93. The Bertz CT molecular complexity index is 299. The average Bonchev–Trinajstić information content (AvgIpc) is 2.34. The van der Waals surface area contributed by atoms with Crippen molar-refractivity contribution in [1.29, 1.82) is 0 Å². The van der Waals surface area contributed by atoms with Crippen molar-refractivity contribution in [2.24, 2.45) is 10.8 Å². The molecule has 0 bridgehead atoms. The second-order valence-corrected chi connectivity index (χ2v) is 6.58. The molecule has 0 spiro atoms. The van der Waals surface area contributed by atoms with E-state index in [0.717, 1.165) is 0 Å². The molecule has 2 N–H and O–H groups in total. The predicted octanol–water partition coefficient (Wildman–Crippen LogP) is 1.97. The van der Waals surface area contributed by atoms with Gasteiger partial charge in [0.05, 0.1) is 19.3 Å². The first kappa shape index (κ1) is 18.1. The summed E-state index contributed by atoms with van der Waals surface area (Å²) in [6.45, 7) is 15.8. The zero-order chi connectivity index (χ0) is 15.1. The topological polar surface area (TPSA) is 50.4 Å². The number of carbonyl (C=O) groups excluding carboxylic acids is 1. The Morgan fingerprint density at radius 3 is 2.37 bits per heavy atom. The quantitative estimate of drug-likeness (QED) is 0.630. The van der Waals surface area contributed by atoms with Crippen molar-refractivity contribution in [2.75, 3.05) is 26.8 Å². The van der Waals surface area contributed by atoms with Crippen LogP contribution in [0.15, 0.2) is 12.7 Å². The van der Waals surface area contributed by atoms with Crippen molar-refractivity contribution < 1.29 is 9.53 Å². The van der Waals surface area contributed by atoms with Crippen LogP contribution in [0.5, 0.6) is 0 Å². The second-order valence-electron chi connectivity index (χ2n) is 6.58. The second kappa shape index (κ2) is 7.65. The van der Waals surface area contributed by atoms with Crippen molar-refractivity contribution in [1.82, 2.24) is 10.6 Å². The van der Waals surface area contributed by atoms with Crippen LogP contribution < -0.4 is 10.6 Å². The molecule has 19 heavy (non-hydrogen) atoms. The minimum atomic E-state index is -0.170. The summed E-state index contributed by atoms with van der Waals surface area (Å²) in [4.78, 5) is 11.7.